The smallest absolute Gasteiger partial charge is 0.356 e. The molecule has 1 N–H and O–H groups in total. The number of aromatic nitrogens is 2. The number of nitrogens with zero attached hydrogens (tertiary/aromatic N) is 2. The van der Waals surface area contributed by atoms with E-state index in [4.69, 9.17) is 5.11 Å². The molecule has 0 amide bonds. The molecule has 1 rings (SSSR count). The van der Waals surface area contributed by atoms with E-state index in [9.17, 15) is 4.79 Å². The van der Waals surface area contributed by atoms with Crippen molar-refractivity contribution in [1.82, 2.24) is 9.55 Å². The van der Waals surface area contributed by atoms with Crippen LogP contribution in [-0.2, 0) is 13.5 Å². The highest BCUT2D eigenvalue weighted by Crippen LogP contribution is 2.03. The molecule has 0 fully saturated rings. The van der Waals surface area contributed by atoms with Crippen LogP contribution in [0.5, 0.6) is 0 Å². The zero-order chi connectivity index (χ0) is 9.14. The molecular formula is C8H12N2O2. The van der Waals surface area contributed by atoms with Crippen molar-refractivity contribution in [3.63, 3.8) is 0 Å². The van der Waals surface area contributed by atoms with Gasteiger partial charge in [0.15, 0.2) is 5.69 Å². The first-order valence-electron chi connectivity index (χ1n) is 3.90. The summed E-state index contributed by atoms with van der Waals surface area (Å²) in [5.74, 6) is -0.136. The molecule has 12 heavy (non-hydrogen) atoms. The molecule has 4 nitrogen and oxygen atoms in total. The minimum atomic E-state index is -0.965. The third-order valence-corrected chi connectivity index (χ3v) is 1.67. The number of aryl methyl sites for hydroxylation is 2. The van der Waals surface area contributed by atoms with Gasteiger partial charge < -0.3 is 9.67 Å². The number of rotatable bonds is 3. The van der Waals surface area contributed by atoms with Crippen molar-refractivity contribution in [2.24, 2.45) is 7.05 Å². The number of carboxylic acid groups (broad SMARTS) is 1. The van der Waals surface area contributed by atoms with Gasteiger partial charge in [0.05, 0.1) is 0 Å². The summed E-state index contributed by atoms with van der Waals surface area (Å²) in [6.45, 7) is 2.04. The third-order valence-electron chi connectivity index (χ3n) is 1.67. The van der Waals surface area contributed by atoms with Crippen molar-refractivity contribution in [2.75, 3.05) is 0 Å². The van der Waals surface area contributed by atoms with E-state index in [1.54, 1.807) is 4.57 Å². The zero-order valence-corrected chi connectivity index (χ0v) is 7.24. The van der Waals surface area contributed by atoms with Crippen LogP contribution in [0.15, 0.2) is 6.20 Å². The molecule has 1 heterocycles. The fourth-order valence-electron chi connectivity index (χ4n) is 1.06. The van der Waals surface area contributed by atoms with Crippen LogP contribution in [0.25, 0.3) is 0 Å². The molecule has 0 aliphatic rings. The fourth-order valence-corrected chi connectivity index (χ4v) is 1.06. The Kier molecular flexibility index (Phi) is 2.47. The Labute approximate surface area is 70.9 Å². The predicted octanol–water partition coefficient (Wildman–Crippen LogP) is 1.07. The van der Waals surface area contributed by atoms with Gasteiger partial charge in [-0.3, -0.25) is 0 Å². The monoisotopic (exact) mass is 168 g/mol. The summed E-state index contributed by atoms with van der Waals surface area (Å²) in [4.78, 5) is 14.5. The highest BCUT2D eigenvalue weighted by atomic mass is 16.4. The van der Waals surface area contributed by atoms with Gasteiger partial charge in [0.2, 0.25) is 0 Å². The average Bonchev–Trinajstić information content (AvgIpc) is 2.34. The Hall–Kier alpha value is -1.32. The first-order chi connectivity index (χ1) is 5.65. The maximum atomic E-state index is 10.5. The maximum Gasteiger partial charge on any atom is 0.356 e. The van der Waals surface area contributed by atoms with Crippen molar-refractivity contribution in [2.45, 2.75) is 19.8 Å². The van der Waals surface area contributed by atoms with Gasteiger partial charge in [-0.1, -0.05) is 6.92 Å². The SMILES string of the molecule is CCCc1nc(C(=O)O)cn1C. The van der Waals surface area contributed by atoms with E-state index in [0.717, 1.165) is 18.7 Å². The van der Waals surface area contributed by atoms with Crippen molar-refractivity contribution < 1.29 is 9.90 Å². The Morgan fingerprint density at radius 3 is 2.83 bits per heavy atom. The van der Waals surface area contributed by atoms with Crippen molar-refractivity contribution in [3.05, 3.63) is 17.7 Å². The molecule has 1 aromatic heterocycles. The first-order valence-corrected chi connectivity index (χ1v) is 3.90. The Bertz CT molecular complexity index is 291. The zero-order valence-electron chi connectivity index (χ0n) is 7.24. The number of carboxylic acids is 1. The van der Waals surface area contributed by atoms with Gasteiger partial charge in [-0.05, 0) is 6.42 Å². The second-order valence-corrected chi connectivity index (χ2v) is 2.71. The van der Waals surface area contributed by atoms with E-state index in [1.165, 1.54) is 6.20 Å². The molecule has 0 aliphatic carbocycles. The summed E-state index contributed by atoms with van der Waals surface area (Å²) < 4.78 is 1.76. The summed E-state index contributed by atoms with van der Waals surface area (Å²) in [6, 6.07) is 0. The standard InChI is InChI=1S/C8H12N2O2/c1-3-4-7-9-6(8(11)12)5-10(7)2/h5H,3-4H2,1-2H3,(H,11,12). The molecule has 0 radical (unpaired) electrons. The Morgan fingerprint density at radius 2 is 2.42 bits per heavy atom. The molecule has 0 aliphatic heterocycles. The van der Waals surface area contributed by atoms with E-state index in [-0.39, 0.29) is 5.69 Å². The minimum Gasteiger partial charge on any atom is -0.476 e. The summed E-state index contributed by atoms with van der Waals surface area (Å²) in [5.41, 5.74) is 0.126. The molecule has 4 heteroatoms. The van der Waals surface area contributed by atoms with E-state index >= 15 is 0 Å². The maximum absolute atomic E-state index is 10.5. The molecule has 0 saturated heterocycles. The lowest BCUT2D eigenvalue weighted by Crippen LogP contribution is -1.97. The van der Waals surface area contributed by atoms with Crippen LogP contribution in [0, 0.1) is 0 Å². The van der Waals surface area contributed by atoms with Gasteiger partial charge in [-0.15, -0.1) is 0 Å². The minimum absolute atomic E-state index is 0.126. The van der Waals surface area contributed by atoms with Crippen LogP contribution in [-0.4, -0.2) is 20.6 Å². The normalized spacial score (nSPS) is 10.2. The van der Waals surface area contributed by atoms with Gasteiger partial charge >= 0.3 is 5.97 Å². The van der Waals surface area contributed by atoms with Crippen LogP contribution in [0.3, 0.4) is 0 Å². The van der Waals surface area contributed by atoms with Crippen molar-refractivity contribution >= 4 is 5.97 Å². The van der Waals surface area contributed by atoms with Crippen LogP contribution in [0.2, 0.25) is 0 Å². The first kappa shape index (κ1) is 8.77. The molecule has 0 spiro atoms. The van der Waals surface area contributed by atoms with E-state index in [2.05, 4.69) is 4.98 Å². The Balaban J connectivity index is 2.92. The van der Waals surface area contributed by atoms with Crippen LogP contribution >= 0.6 is 0 Å². The van der Waals surface area contributed by atoms with Crippen LogP contribution in [0.4, 0.5) is 0 Å². The lowest BCUT2D eigenvalue weighted by molar-refractivity contribution is 0.0691. The van der Waals surface area contributed by atoms with Gasteiger partial charge in [0.25, 0.3) is 0 Å². The molecule has 0 saturated carbocycles. The van der Waals surface area contributed by atoms with Crippen molar-refractivity contribution in [3.8, 4) is 0 Å². The topological polar surface area (TPSA) is 55.1 Å². The quantitative estimate of drug-likeness (QED) is 0.734. The second-order valence-electron chi connectivity index (χ2n) is 2.71. The number of imidazole rings is 1. The van der Waals surface area contributed by atoms with Gasteiger partial charge in [0.1, 0.15) is 5.82 Å². The number of carbonyl (C=O) groups is 1. The largest absolute Gasteiger partial charge is 0.476 e. The van der Waals surface area contributed by atoms with Gasteiger partial charge in [-0.25, -0.2) is 9.78 Å². The number of hydrogen-bond acceptors (Lipinski definition) is 2. The predicted molar refractivity (Wildman–Crippen MR) is 44.2 cm³/mol. The lowest BCUT2D eigenvalue weighted by Gasteiger charge is -1.95. The average molecular weight is 168 g/mol. The highest BCUT2D eigenvalue weighted by Gasteiger charge is 2.09. The lowest BCUT2D eigenvalue weighted by atomic mass is 10.3. The van der Waals surface area contributed by atoms with E-state index in [0.29, 0.717) is 0 Å². The molecule has 1 aromatic rings. The van der Waals surface area contributed by atoms with Gasteiger partial charge in [0, 0.05) is 19.7 Å². The summed E-state index contributed by atoms with van der Waals surface area (Å²) in [6.07, 6.45) is 3.33. The number of aromatic carboxylic acids is 1. The number of hydrogen-bond donors (Lipinski definition) is 1. The highest BCUT2D eigenvalue weighted by molar-refractivity contribution is 5.85. The van der Waals surface area contributed by atoms with Crippen LogP contribution in [0.1, 0.15) is 29.7 Å². The van der Waals surface area contributed by atoms with Gasteiger partial charge in [-0.2, -0.15) is 0 Å². The summed E-state index contributed by atoms with van der Waals surface area (Å²) in [7, 11) is 1.81. The third kappa shape index (κ3) is 1.64. The molecule has 66 valence electrons. The van der Waals surface area contributed by atoms with Crippen molar-refractivity contribution in [1.29, 1.82) is 0 Å². The molecule has 0 aromatic carbocycles. The molecule has 0 bridgehead atoms. The molecule has 0 atom stereocenters. The van der Waals surface area contributed by atoms with E-state index < -0.39 is 5.97 Å². The fraction of sp³-hybridized carbons (Fsp3) is 0.500. The summed E-state index contributed by atoms with van der Waals surface area (Å²) in [5, 5.41) is 8.61. The van der Waals surface area contributed by atoms with E-state index in [1.807, 2.05) is 14.0 Å². The molecule has 0 unspecified atom stereocenters. The summed E-state index contributed by atoms with van der Waals surface area (Å²) >= 11 is 0. The Morgan fingerprint density at radius 1 is 1.75 bits per heavy atom. The molecular weight excluding hydrogens is 156 g/mol. The van der Waals surface area contributed by atoms with Crippen LogP contribution < -0.4 is 0 Å². The second kappa shape index (κ2) is 3.38.